The van der Waals surface area contributed by atoms with Crippen LogP contribution in [0.5, 0.6) is 5.75 Å². The monoisotopic (exact) mass is 315 g/mol. The largest absolute Gasteiger partial charge is 0.495 e. The second-order valence-electron chi connectivity index (χ2n) is 5.31. The molecule has 23 heavy (non-hydrogen) atoms. The SMILES string of the molecule is CCC(C(=O)Nc1ccccc1OC)n1c(C)cc(C)nc1=O. The molecule has 0 saturated carbocycles. The first-order valence-corrected chi connectivity index (χ1v) is 7.48. The fraction of sp³-hybridized carbons (Fsp3) is 0.353. The molecule has 2 aromatic rings. The van der Waals surface area contributed by atoms with Crippen molar-refractivity contribution in [3.05, 3.63) is 52.2 Å². The van der Waals surface area contributed by atoms with Gasteiger partial charge in [-0.05, 0) is 38.5 Å². The minimum atomic E-state index is -0.625. The molecule has 0 bridgehead atoms. The van der Waals surface area contributed by atoms with Crippen LogP contribution in [-0.2, 0) is 4.79 Å². The molecule has 0 radical (unpaired) electrons. The van der Waals surface area contributed by atoms with Gasteiger partial charge in [-0.3, -0.25) is 9.36 Å². The Balaban J connectivity index is 2.35. The molecule has 6 heteroatoms. The van der Waals surface area contributed by atoms with Gasteiger partial charge in [-0.1, -0.05) is 19.1 Å². The number of hydrogen-bond donors (Lipinski definition) is 1. The number of para-hydroxylation sites is 2. The molecule has 1 heterocycles. The average Bonchev–Trinajstić information content (AvgIpc) is 2.51. The quantitative estimate of drug-likeness (QED) is 0.920. The number of aryl methyl sites for hydroxylation is 2. The zero-order valence-electron chi connectivity index (χ0n) is 13.8. The van der Waals surface area contributed by atoms with E-state index in [2.05, 4.69) is 10.3 Å². The van der Waals surface area contributed by atoms with Crippen LogP contribution in [0.3, 0.4) is 0 Å². The summed E-state index contributed by atoms with van der Waals surface area (Å²) in [5, 5.41) is 2.83. The summed E-state index contributed by atoms with van der Waals surface area (Å²) in [6.07, 6.45) is 0.479. The van der Waals surface area contributed by atoms with Crippen molar-refractivity contribution in [2.45, 2.75) is 33.2 Å². The smallest absolute Gasteiger partial charge is 0.348 e. The molecule has 1 aromatic carbocycles. The van der Waals surface area contributed by atoms with Crippen molar-refractivity contribution in [3.63, 3.8) is 0 Å². The lowest BCUT2D eigenvalue weighted by Gasteiger charge is -2.20. The summed E-state index contributed by atoms with van der Waals surface area (Å²) in [6.45, 7) is 5.42. The topological polar surface area (TPSA) is 73.2 Å². The normalized spacial score (nSPS) is 11.8. The minimum Gasteiger partial charge on any atom is -0.495 e. The highest BCUT2D eigenvalue weighted by atomic mass is 16.5. The van der Waals surface area contributed by atoms with Crippen LogP contribution in [0.15, 0.2) is 35.1 Å². The number of carbonyl (C=O) groups is 1. The van der Waals surface area contributed by atoms with Gasteiger partial charge in [0.15, 0.2) is 0 Å². The third-order valence-corrected chi connectivity index (χ3v) is 3.64. The van der Waals surface area contributed by atoms with Crippen LogP contribution >= 0.6 is 0 Å². The van der Waals surface area contributed by atoms with Gasteiger partial charge in [0.2, 0.25) is 5.91 Å². The Kier molecular flexibility index (Phi) is 5.16. The molecule has 1 amide bonds. The number of hydrogen-bond acceptors (Lipinski definition) is 4. The highest BCUT2D eigenvalue weighted by molar-refractivity contribution is 5.95. The van der Waals surface area contributed by atoms with E-state index in [1.807, 2.05) is 19.1 Å². The molecule has 1 unspecified atom stereocenters. The standard InChI is InChI=1S/C17H21N3O3/c1-5-14(20-12(3)10-11(2)18-17(20)22)16(21)19-13-8-6-7-9-15(13)23-4/h6-10,14H,5H2,1-4H3,(H,19,21). The van der Waals surface area contributed by atoms with Gasteiger partial charge < -0.3 is 10.1 Å². The predicted octanol–water partition coefficient (Wildman–Crippen LogP) is 2.46. The Morgan fingerprint density at radius 3 is 2.65 bits per heavy atom. The number of methoxy groups -OCH3 is 1. The van der Waals surface area contributed by atoms with Crippen LogP contribution < -0.4 is 15.7 Å². The molecule has 1 aromatic heterocycles. The second kappa shape index (κ2) is 7.09. The zero-order chi connectivity index (χ0) is 17.0. The number of carbonyl (C=O) groups excluding carboxylic acids is 1. The van der Waals surface area contributed by atoms with E-state index in [9.17, 15) is 9.59 Å². The molecule has 0 fully saturated rings. The minimum absolute atomic E-state index is 0.271. The number of anilines is 1. The third kappa shape index (κ3) is 3.59. The van der Waals surface area contributed by atoms with E-state index < -0.39 is 11.7 Å². The second-order valence-corrected chi connectivity index (χ2v) is 5.31. The zero-order valence-corrected chi connectivity index (χ0v) is 13.8. The summed E-state index contributed by atoms with van der Waals surface area (Å²) in [6, 6.07) is 8.32. The number of aromatic nitrogens is 2. The van der Waals surface area contributed by atoms with Gasteiger partial charge >= 0.3 is 5.69 Å². The van der Waals surface area contributed by atoms with Crippen molar-refractivity contribution in [2.75, 3.05) is 12.4 Å². The van der Waals surface area contributed by atoms with Gasteiger partial charge in [-0.15, -0.1) is 0 Å². The van der Waals surface area contributed by atoms with Gasteiger partial charge in [-0.25, -0.2) is 4.79 Å². The molecule has 122 valence electrons. The van der Waals surface area contributed by atoms with Crippen LogP contribution in [0.2, 0.25) is 0 Å². The molecule has 0 spiro atoms. The van der Waals surface area contributed by atoms with Gasteiger partial charge in [0.05, 0.1) is 12.8 Å². The van der Waals surface area contributed by atoms with Gasteiger partial charge in [0.25, 0.3) is 0 Å². The van der Waals surface area contributed by atoms with E-state index in [-0.39, 0.29) is 5.91 Å². The van der Waals surface area contributed by atoms with Crippen molar-refractivity contribution in [3.8, 4) is 5.75 Å². The Bertz CT molecular complexity index is 768. The predicted molar refractivity (Wildman–Crippen MR) is 88.9 cm³/mol. The lowest BCUT2D eigenvalue weighted by atomic mass is 10.1. The van der Waals surface area contributed by atoms with Crippen LogP contribution in [-0.4, -0.2) is 22.6 Å². The summed E-state index contributed by atoms with van der Waals surface area (Å²) in [4.78, 5) is 28.8. The molecule has 0 saturated heterocycles. The number of benzene rings is 1. The fourth-order valence-electron chi connectivity index (χ4n) is 2.59. The summed E-state index contributed by atoms with van der Waals surface area (Å²) in [5.74, 6) is 0.301. The highest BCUT2D eigenvalue weighted by Crippen LogP contribution is 2.24. The van der Waals surface area contributed by atoms with E-state index in [1.54, 1.807) is 39.2 Å². The maximum atomic E-state index is 12.6. The summed E-state index contributed by atoms with van der Waals surface area (Å²) < 4.78 is 6.66. The average molecular weight is 315 g/mol. The molecule has 2 rings (SSSR count). The molecule has 1 N–H and O–H groups in total. The van der Waals surface area contributed by atoms with Crippen molar-refractivity contribution in [1.29, 1.82) is 0 Å². The highest BCUT2D eigenvalue weighted by Gasteiger charge is 2.22. The molecule has 0 aliphatic carbocycles. The Morgan fingerprint density at radius 1 is 1.35 bits per heavy atom. The van der Waals surface area contributed by atoms with E-state index in [0.29, 0.717) is 29.2 Å². The fourth-order valence-corrected chi connectivity index (χ4v) is 2.59. The van der Waals surface area contributed by atoms with E-state index in [0.717, 1.165) is 0 Å². The van der Waals surface area contributed by atoms with Gasteiger partial charge in [-0.2, -0.15) is 4.98 Å². The number of ether oxygens (including phenoxy) is 1. The molecule has 6 nitrogen and oxygen atoms in total. The molecular formula is C17H21N3O3. The molecular weight excluding hydrogens is 294 g/mol. The van der Waals surface area contributed by atoms with Crippen molar-refractivity contribution >= 4 is 11.6 Å². The van der Waals surface area contributed by atoms with Crippen molar-refractivity contribution < 1.29 is 9.53 Å². The van der Waals surface area contributed by atoms with Crippen LogP contribution in [0, 0.1) is 13.8 Å². The van der Waals surface area contributed by atoms with Gasteiger partial charge in [0, 0.05) is 11.4 Å². The number of rotatable bonds is 5. The van der Waals surface area contributed by atoms with E-state index >= 15 is 0 Å². The lowest BCUT2D eigenvalue weighted by molar-refractivity contribution is -0.119. The van der Waals surface area contributed by atoms with E-state index in [4.69, 9.17) is 4.74 Å². The summed E-state index contributed by atoms with van der Waals surface area (Å²) in [5.41, 5.74) is 1.52. The van der Waals surface area contributed by atoms with Gasteiger partial charge in [0.1, 0.15) is 11.8 Å². The summed E-state index contributed by atoms with van der Waals surface area (Å²) in [7, 11) is 1.54. The van der Waals surface area contributed by atoms with Crippen LogP contribution in [0.1, 0.15) is 30.8 Å². The Morgan fingerprint density at radius 2 is 2.04 bits per heavy atom. The maximum Gasteiger partial charge on any atom is 0.348 e. The Hall–Kier alpha value is -2.63. The number of nitrogens with zero attached hydrogens (tertiary/aromatic N) is 2. The number of amides is 1. The summed E-state index contributed by atoms with van der Waals surface area (Å²) >= 11 is 0. The first-order valence-electron chi connectivity index (χ1n) is 7.48. The molecule has 1 atom stereocenters. The maximum absolute atomic E-state index is 12.6. The first kappa shape index (κ1) is 16.7. The number of nitrogens with one attached hydrogen (secondary N) is 1. The molecule has 0 aliphatic heterocycles. The van der Waals surface area contributed by atoms with Crippen molar-refractivity contribution in [2.24, 2.45) is 0 Å². The molecule has 0 aliphatic rings. The van der Waals surface area contributed by atoms with Crippen LogP contribution in [0.4, 0.5) is 5.69 Å². The van der Waals surface area contributed by atoms with E-state index in [1.165, 1.54) is 4.57 Å². The van der Waals surface area contributed by atoms with Crippen molar-refractivity contribution in [1.82, 2.24) is 9.55 Å². The Labute approximate surface area is 135 Å². The third-order valence-electron chi connectivity index (χ3n) is 3.64. The first-order chi connectivity index (χ1) is 11.0. The lowest BCUT2D eigenvalue weighted by Crippen LogP contribution is -2.36. The van der Waals surface area contributed by atoms with Crippen LogP contribution in [0.25, 0.3) is 0 Å².